The summed E-state index contributed by atoms with van der Waals surface area (Å²) in [5.74, 6) is -0.590. The molecule has 0 bridgehead atoms. The molecular formula is C68H71N5O15S3. The molecule has 2 aliphatic carbocycles. The number of carbonyl (C=O) groups excluding carboxylic acids is 12. The summed E-state index contributed by atoms with van der Waals surface area (Å²) in [5, 5.41) is 17.4. The summed E-state index contributed by atoms with van der Waals surface area (Å²) in [6, 6.07) is 39.6. The fourth-order valence-corrected chi connectivity index (χ4v) is 19.3. The van der Waals surface area contributed by atoms with Gasteiger partial charge in [0.05, 0.1) is 27.3 Å². The Morgan fingerprint density at radius 3 is 1.32 bits per heavy atom. The Morgan fingerprint density at radius 1 is 0.549 bits per heavy atom. The van der Waals surface area contributed by atoms with Gasteiger partial charge in [0.1, 0.15) is 17.5 Å². The molecule has 1 N–H and O–H groups in total. The van der Waals surface area contributed by atoms with Crippen LogP contribution in [0.3, 0.4) is 0 Å². The average molecular weight is 1290 g/mol. The van der Waals surface area contributed by atoms with E-state index in [1.807, 2.05) is 97.2 Å². The van der Waals surface area contributed by atoms with Crippen LogP contribution in [0.5, 0.6) is 0 Å². The van der Waals surface area contributed by atoms with Gasteiger partial charge in [-0.05, 0) is 121 Å². The van der Waals surface area contributed by atoms with Gasteiger partial charge in [0, 0.05) is 20.3 Å². The van der Waals surface area contributed by atoms with E-state index in [-0.39, 0.29) is 69.2 Å². The standard InChI is InChI=1S/C33H33NO3S.C20H25NOS.C11H13N3O3S.4CO2/c1-22-26(21-23-13-7-4-8-14-23)19-20-33(22)30(36)34-28(32(2,3)38-31(33)34)29(35)37-27(24-15-9-5-10-16-24)25-17-11-6-12-18-25;1-13-16(12-15-8-6-5-7-9-15)10-11-20(13)17(22)21-14(2)19(3,4)23-18(20)21;1-5-4-11(13-12-5)8(17)14-6(7(15)16)10(2,3)18-9(11)14;4*2-1-3/h4-19,22,27-28,31H,20-21H2,1-3H3;5-10,13-14,18H,11-12H2,1-4H3;4,6,9H,1-3H3,(H,15,16);;;;/t22?,28-,31+,33?;13?,14-,18+,20?;6-,9+,11?;;;;/m000..../s1. The topological polar surface area (TPSA) is 286 Å². The van der Waals surface area contributed by atoms with Gasteiger partial charge < -0.3 is 24.5 Å². The number of amides is 3. The number of allylic oxidation sites excluding steroid dienone is 5. The van der Waals surface area contributed by atoms with Crippen LogP contribution in [0.2, 0.25) is 0 Å². The molecule has 23 heteroatoms. The van der Waals surface area contributed by atoms with Crippen LogP contribution < -0.4 is 0 Å². The van der Waals surface area contributed by atoms with Gasteiger partial charge in [0.2, 0.25) is 17.4 Å². The highest BCUT2D eigenvalue weighted by Crippen LogP contribution is 2.67. The van der Waals surface area contributed by atoms with Crippen molar-refractivity contribution in [2.24, 2.45) is 32.9 Å². The normalized spacial score (nSPS) is 29.2. The van der Waals surface area contributed by atoms with Gasteiger partial charge in [-0.15, -0.1) is 35.3 Å². The monoisotopic (exact) mass is 1290 g/mol. The maximum Gasteiger partial charge on any atom is 0.373 e. The number of carboxylic acids is 1. The van der Waals surface area contributed by atoms with Gasteiger partial charge >= 0.3 is 36.5 Å². The first-order chi connectivity index (χ1) is 43.2. The molecule has 5 unspecified atom stereocenters. The summed E-state index contributed by atoms with van der Waals surface area (Å²) in [6.45, 7) is 20.8. The van der Waals surface area contributed by atoms with Crippen LogP contribution in [0.1, 0.15) is 110 Å². The molecule has 3 amide bonds. The number of hydrogen-bond acceptors (Lipinski definition) is 19. The second-order valence-electron chi connectivity index (χ2n) is 24.8. The molecule has 0 radical (unpaired) electrons. The molecule has 476 valence electrons. The van der Waals surface area contributed by atoms with E-state index >= 15 is 0 Å². The Hall–Kier alpha value is -8.38. The Kier molecular flexibility index (Phi) is 21.9. The van der Waals surface area contributed by atoms with Crippen LogP contribution in [0.15, 0.2) is 167 Å². The van der Waals surface area contributed by atoms with E-state index in [0.29, 0.717) is 28.9 Å². The van der Waals surface area contributed by atoms with E-state index < -0.39 is 44.6 Å². The summed E-state index contributed by atoms with van der Waals surface area (Å²) in [6.07, 6.45) is 10.3. The average Bonchev–Trinajstić information content (AvgIpc) is 1.55. The lowest BCUT2D eigenvalue weighted by Crippen LogP contribution is -2.71. The molecule has 6 fully saturated rings. The number of aliphatic carboxylic acids is 1. The molecule has 9 aliphatic rings. The van der Waals surface area contributed by atoms with E-state index in [1.54, 1.807) is 24.8 Å². The number of hydrogen-bond donors (Lipinski definition) is 1. The number of thioether (sulfide) groups is 3. The molecule has 7 heterocycles. The molecule has 7 aliphatic heterocycles. The molecule has 11 atom stereocenters. The molecule has 13 rings (SSSR count). The highest BCUT2D eigenvalue weighted by molar-refractivity contribution is 8.02. The lowest BCUT2D eigenvalue weighted by Gasteiger charge is -2.54. The highest BCUT2D eigenvalue weighted by Gasteiger charge is 2.75. The minimum atomic E-state index is -0.964. The van der Waals surface area contributed by atoms with Crippen LogP contribution in [0.25, 0.3) is 0 Å². The van der Waals surface area contributed by atoms with E-state index in [1.165, 1.54) is 38.9 Å². The van der Waals surface area contributed by atoms with Crippen molar-refractivity contribution in [1.82, 2.24) is 14.7 Å². The third-order valence-corrected chi connectivity index (χ3v) is 23.8. The Bertz CT molecular complexity index is 3570. The number of carbonyl (C=O) groups is 5. The molecule has 0 saturated carbocycles. The molecule has 91 heavy (non-hydrogen) atoms. The summed E-state index contributed by atoms with van der Waals surface area (Å²) in [7, 11) is 0. The van der Waals surface area contributed by atoms with Crippen LogP contribution in [-0.4, -0.2) is 128 Å². The Labute approximate surface area is 540 Å². The molecule has 0 aromatic heterocycles. The minimum absolute atomic E-state index is 0.0334. The van der Waals surface area contributed by atoms with Crippen LogP contribution in [0, 0.1) is 22.7 Å². The molecule has 4 aromatic carbocycles. The zero-order valence-corrected chi connectivity index (χ0v) is 54.4. The number of benzene rings is 4. The lowest BCUT2D eigenvalue weighted by molar-refractivity contribution is -0.193. The summed E-state index contributed by atoms with van der Waals surface area (Å²) >= 11 is 5.25. The van der Waals surface area contributed by atoms with Gasteiger partial charge in [-0.3, -0.25) is 14.4 Å². The number of carboxylic acid groups (broad SMARTS) is 1. The third kappa shape index (κ3) is 13.0. The van der Waals surface area contributed by atoms with Gasteiger partial charge in [-0.25, -0.2) is 9.59 Å². The van der Waals surface area contributed by atoms with Gasteiger partial charge in [-0.2, -0.15) is 48.6 Å². The van der Waals surface area contributed by atoms with Crippen molar-refractivity contribution in [3.8, 4) is 0 Å². The van der Waals surface area contributed by atoms with Crippen molar-refractivity contribution < 1.29 is 72.2 Å². The first-order valence-corrected chi connectivity index (χ1v) is 31.9. The summed E-state index contributed by atoms with van der Waals surface area (Å²) in [5.41, 5.74) is 6.32. The Morgan fingerprint density at radius 2 is 0.912 bits per heavy atom. The van der Waals surface area contributed by atoms with Crippen molar-refractivity contribution in [3.63, 3.8) is 0 Å². The third-order valence-electron chi connectivity index (χ3n) is 18.7. The van der Waals surface area contributed by atoms with Crippen molar-refractivity contribution in [2.45, 2.75) is 155 Å². The zero-order valence-electron chi connectivity index (χ0n) is 51.9. The number of fused-ring (bicyclic) bond motifs is 6. The van der Waals surface area contributed by atoms with Gasteiger partial charge in [0.15, 0.2) is 6.10 Å². The summed E-state index contributed by atoms with van der Waals surface area (Å²) in [4.78, 5) is 135. The van der Waals surface area contributed by atoms with Crippen molar-refractivity contribution >= 4 is 89.6 Å². The summed E-state index contributed by atoms with van der Waals surface area (Å²) < 4.78 is 5.44. The van der Waals surface area contributed by atoms with E-state index in [4.69, 9.17) is 43.1 Å². The van der Waals surface area contributed by atoms with Crippen LogP contribution in [-0.2, 0) is 79.9 Å². The van der Waals surface area contributed by atoms with Crippen LogP contribution in [0.4, 0.5) is 0 Å². The minimum Gasteiger partial charge on any atom is -0.480 e. The van der Waals surface area contributed by atoms with Crippen molar-refractivity contribution in [1.29, 1.82) is 0 Å². The number of β-lactam (4-membered cyclic amide) rings is 3. The number of azo groups is 1. The van der Waals surface area contributed by atoms with E-state index in [0.717, 1.165) is 36.8 Å². The number of ether oxygens (including phenoxy) is 1. The molecule has 4 aromatic rings. The zero-order chi connectivity index (χ0) is 67.0. The lowest BCUT2D eigenvalue weighted by atomic mass is 9.67. The predicted molar refractivity (Wildman–Crippen MR) is 333 cm³/mol. The van der Waals surface area contributed by atoms with E-state index in [9.17, 15) is 29.1 Å². The fraction of sp³-hybridized carbons (Fsp3) is 0.426. The largest absolute Gasteiger partial charge is 0.480 e. The number of nitrogens with zero attached hydrogens (tertiary/aromatic N) is 5. The molecule has 6 saturated heterocycles. The predicted octanol–water partition coefficient (Wildman–Crippen LogP) is 9.75. The van der Waals surface area contributed by atoms with Crippen molar-refractivity contribution in [3.05, 3.63) is 179 Å². The second kappa shape index (κ2) is 28.4. The van der Waals surface area contributed by atoms with Gasteiger partial charge in [0.25, 0.3) is 5.91 Å². The second-order valence-corrected chi connectivity index (χ2v) is 30.0. The van der Waals surface area contributed by atoms with Crippen LogP contribution >= 0.6 is 35.3 Å². The maximum absolute atomic E-state index is 14.0. The van der Waals surface area contributed by atoms with E-state index in [2.05, 4.69) is 130 Å². The maximum atomic E-state index is 14.0. The number of esters is 1. The fourth-order valence-electron chi connectivity index (χ4n) is 13.9. The molecular weight excluding hydrogens is 1220 g/mol. The first kappa shape index (κ1) is 70.1. The first-order valence-electron chi connectivity index (χ1n) is 29.3. The highest BCUT2D eigenvalue weighted by atomic mass is 32.2. The SMILES string of the molecule is CC1=CC2(N=N1)C(=O)N1[C@@H](C(=O)O)C(C)(C)S[C@@H]12.CC1C(Cc2ccccc2)=CCC12C(=O)N1[C@@H](C(=O)OC(c3ccccc3)c3ccccc3)C(C)(C)S[C@@H]12.CC1C(Cc2ccccc2)=CCC12C(=O)N1[C@@H](C)C(C)(C)S[C@@H]12.O=C=O.O=C=O.O=C=O.O=C=O. The van der Waals surface area contributed by atoms with Gasteiger partial charge in [-0.1, -0.05) is 158 Å². The molecule has 3 spiro atoms. The Balaban J connectivity index is 0.000000189. The van der Waals surface area contributed by atoms with Crippen molar-refractivity contribution in [2.75, 3.05) is 0 Å². The smallest absolute Gasteiger partial charge is 0.373 e. The molecule has 20 nitrogen and oxygen atoms in total. The number of rotatable bonds is 9. The quantitative estimate of drug-likeness (QED) is 0.0926.